The Balaban J connectivity index is 1.96. The summed E-state index contributed by atoms with van der Waals surface area (Å²) in [5.41, 5.74) is 7.78. The second kappa shape index (κ2) is 4.38. The molecule has 2 aromatic heterocycles. The van der Waals surface area contributed by atoms with E-state index >= 15 is 0 Å². The zero-order valence-electron chi connectivity index (χ0n) is 13.6. The fourth-order valence-corrected chi connectivity index (χ4v) is 4.32. The van der Waals surface area contributed by atoms with Crippen LogP contribution in [0.25, 0.3) is 11.4 Å². The Hall–Kier alpha value is -2.81. The van der Waals surface area contributed by atoms with Crippen LogP contribution in [0.2, 0.25) is 0 Å². The first-order valence-electron chi connectivity index (χ1n) is 8.18. The summed E-state index contributed by atoms with van der Waals surface area (Å²) >= 11 is 0. The summed E-state index contributed by atoms with van der Waals surface area (Å²) in [6, 6.07) is 12.3. The second-order valence-electron chi connectivity index (χ2n) is 6.87. The Morgan fingerprint density at radius 1 is 0.875 bits per heavy atom. The molecule has 0 bridgehead atoms. The van der Waals surface area contributed by atoms with E-state index in [0.717, 1.165) is 44.8 Å². The first kappa shape index (κ1) is 13.6. The van der Waals surface area contributed by atoms with Gasteiger partial charge in [-0.25, -0.2) is 0 Å². The first-order chi connectivity index (χ1) is 11.6. The molecule has 3 heteroatoms. The molecular formula is C21H16N2O. The SMILES string of the molecule is Cc1cnc2c(c1)C1(CC(=O)c3ccccc31)c1cc(C)cnc1-2. The fraction of sp³-hybridized carbons (Fsp3) is 0.190. The van der Waals surface area contributed by atoms with Gasteiger partial charge in [0.2, 0.25) is 0 Å². The van der Waals surface area contributed by atoms with Gasteiger partial charge in [-0.3, -0.25) is 14.8 Å². The Bertz CT molecular complexity index is 984. The zero-order chi connectivity index (χ0) is 16.5. The van der Waals surface area contributed by atoms with Crippen molar-refractivity contribution in [2.24, 2.45) is 0 Å². The van der Waals surface area contributed by atoms with E-state index in [2.05, 4.69) is 28.2 Å². The molecule has 0 amide bonds. The normalized spacial score (nSPS) is 16.2. The van der Waals surface area contributed by atoms with Crippen molar-refractivity contribution in [1.29, 1.82) is 0 Å². The lowest BCUT2D eigenvalue weighted by Crippen LogP contribution is -2.24. The number of carbonyl (C=O) groups is 1. The summed E-state index contributed by atoms with van der Waals surface area (Å²) in [6.07, 6.45) is 4.22. The van der Waals surface area contributed by atoms with E-state index in [-0.39, 0.29) is 5.78 Å². The van der Waals surface area contributed by atoms with Crippen molar-refractivity contribution in [2.45, 2.75) is 25.7 Å². The number of fused-ring (bicyclic) bond motifs is 7. The van der Waals surface area contributed by atoms with Gasteiger partial charge in [0.25, 0.3) is 0 Å². The van der Waals surface area contributed by atoms with Gasteiger partial charge in [0.05, 0.1) is 16.8 Å². The highest BCUT2D eigenvalue weighted by Gasteiger charge is 2.52. The van der Waals surface area contributed by atoms with Crippen LogP contribution in [-0.4, -0.2) is 15.8 Å². The number of nitrogens with zero attached hydrogens (tertiary/aromatic N) is 2. The number of hydrogen-bond donors (Lipinski definition) is 0. The number of Topliss-reactive ketones (excluding diaryl/α,β-unsaturated/α-hetero) is 1. The van der Waals surface area contributed by atoms with E-state index in [1.165, 1.54) is 0 Å². The van der Waals surface area contributed by atoms with Crippen molar-refractivity contribution in [1.82, 2.24) is 9.97 Å². The lowest BCUT2D eigenvalue weighted by atomic mass is 9.73. The first-order valence-corrected chi connectivity index (χ1v) is 8.18. The molecule has 0 atom stereocenters. The molecule has 2 aliphatic carbocycles. The summed E-state index contributed by atoms with van der Waals surface area (Å²) < 4.78 is 0. The number of pyridine rings is 2. The summed E-state index contributed by atoms with van der Waals surface area (Å²) in [5.74, 6) is 0.201. The smallest absolute Gasteiger partial charge is 0.164 e. The zero-order valence-corrected chi connectivity index (χ0v) is 13.6. The van der Waals surface area contributed by atoms with Crippen molar-refractivity contribution in [3.63, 3.8) is 0 Å². The molecule has 2 aliphatic rings. The van der Waals surface area contributed by atoms with Crippen molar-refractivity contribution in [2.75, 3.05) is 0 Å². The number of rotatable bonds is 0. The van der Waals surface area contributed by atoms with Crippen molar-refractivity contribution in [3.05, 3.63) is 82.2 Å². The molecule has 0 saturated carbocycles. The average Bonchev–Trinajstić information content (AvgIpc) is 3.02. The number of aromatic nitrogens is 2. The number of carbonyl (C=O) groups excluding carboxylic acids is 1. The predicted octanol–water partition coefficient (Wildman–Crippen LogP) is 3.99. The topological polar surface area (TPSA) is 42.9 Å². The largest absolute Gasteiger partial charge is 0.294 e. The molecule has 1 aromatic carbocycles. The standard InChI is InChI=1S/C21H16N2O/c1-12-7-16-19(22-10-12)20-17(8-13(2)11-23-20)21(16)9-18(24)14-5-3-4-6-15(14)21/h3-8,10-11H,9H2,1-2H3. The van der Waals surface area contributed by atoms with Crippen LogP contribution < -0.4 is 0 Å². The Labute approximate surface area is 140 Å². The van der Waals surface area contributed by atoms with E-state index in [4.69, 9.17) is 0 Å². The Morgan fingerprint density at radius 3 is 2.08 bits per heavy atom. The molecule has 1 spiro atoms. The number of benzene rings is 1. The minimum atomic E-state index is -0.434. The third kappa shape index (κ3) is 1.49. The highest BCUT2D eigenvalue weighted by molar-refractivity contribution is 6.05. The van der Waals surface area contributed by atoms with Gasteiger partial charge in [-0.05, 0) is 41.7 Å². The van der Waals surface area contributed by atoms with Crippen LogP contribution in [0.4, 0.5) is 0 Å². The van der Waals surface area contributed by atoms with Crippen LogP contribution in [-0.2, 0) is 5.41 Å². The van der Waals surface area contributed by atoms with Gasteiger partial charge in [-0.2, -0.15) is 0 Å². The molecule has 0 saturated heterocycles. The number of hydrogen-bond acceptors (Lipinski definition) is 3. The van der Waals surface area contributed by atoms with E-state index in [1.54, 1.807) is 0 Å². The van der Waals surface area contributed by atoms with Crippen LogP contribution in [0.15, 0.2) is 48.8 Å². The molecule has 0 unspecified atom stereocenters. The van der Waals surface area contributed by atoms with Gasteiger partial charge in [0.15, 0.2) is 5.78 Å². The van der Waals surface area contributed by atoms with Crippen molar-refractivity contribution < 1.29 is 4.79 Å². The van der Waals surface area contributed by atoms with Gasteiger partial charge < -0.3 is 0 Å². The molecule has 24 heavy (non-hydrogen) atoms. The Morgan fingerprint density at radius 2 is 1.46 bits per heavy atom. The summed E-state index contributed by atoms with van der Waals surface area (Å²) in [4.78, 5) is 22.1. The van der Waals surface area contributed by atoms with Crippen molar-refractivity contribution in [3.8, 4) is 11.4 Å². The highest BCUT2D eigenvalue weighted by atomic mass is 16.1. The maximum atomic E-state index is 12.8. The molecule has 5 rings (SSSR count). The van der Waals surface area contributed by atoms with Crippen molar-refractivity contribution >= 4 is 5.78 Å². The third-order valence-corrected chi connectivity index (χ3v) is 5.31. The molecule has 0 N–H and O–H groups in total. The van der Waals surface area contributed by atoms with Gasteiger partial charge in [-0.1, -0.05) is 36.4 Å². The molecule has 2 heterocycles. The minimum Gasteiger partial charge on any atom is -0.294 e. The summed E-state index contributed by atoms with van der Waals surface area (Å²) in [7, 11) is 0. The quantitative estimate of drug-likeness (QED) is 0.630. The van der Waals surface area contributed by atoms with Gasteiger partial charge in [0, 0.05) is 24.4 Å². The highest BCUT2D eigenvalue weighted by Crippen LogP contribution is 2.57. The maximum absolute atomic E-state index is 12.8. The predicted molar refractivity (Wildman–Crippen MR) is 92.2 cm³/mol. The monoisotopic (exact) mass is 312 g/mol. The average molecular weight is 312 g/mol. The van der Waals surface area contributed by atoms with Gasteiger partial charge in [-0.15, -0.1) is 0 Å². The van der Waals surface area contributed by atoms with E-state index in [9.17, 15) is 4.79 Å². The van der Waals surface area contributed by atoms with E-state index in [0.29, 0.717) is 6.42 Å². The van der Waals surface area contributed by atoms with Crippen LogP contribution in [0.5, 0.6) is 0 Å². The lowest BCUT2D eigenvalue weighted by molar-refractivity contribution is 0.0984. The molecule has 0 fully saturated rings. The number of aryl methyl sites for hydroxylation is 2. The van der Waals surface area contributed by atoms with Crippen LogP contribution in [0.3, 0.4) is 0 Å². The van der Waals surface area contributed by atoms with Crippen LogP contribution >= 0.6 is 0 Å². The molecule has 0 aliphatic heterocycles. The van der Waals surface area contributed by atoms with E-state index < -0.39 is 5.41 Å². The third-order valence-electron chi connectivity index (χ3n) is 5.31. The summed E-state index contributed by atoms with van der Waals surface area (Å²) in [6.45, 7) is 4.09. The minimum absolute atomic E-state index is 0.201. The lowest BCUT2D eigenvalue weighted by Gasteiger charge is -2.27. The molecule has 3 aromatic rings. The maximum Gasteiger partial charge on any atom is 0.164 e. The fourth-order valence-electron chi connectivity index (χ4n) is 4.32. The van der Waals surface area contributed by atoms with Crippen LogP contribution in [0, 0.1) is 13.8 Å². The molecule has 0 radical (unpaired) electrons. The van der Waals surface area contributed by atoms with Gasteiger partial charge in [0.1, 0.15) is 0 Å². The second-order valence-corrected chi connectivity index (χ2v) is 6.87. The molecule has 3 nitrogen and oxygen atoms in total. The number of ketones is 1. The summed E-state index contributed by atoms with van der Waals surface area (Å²) in [5, 5.41) is 0. The van der Waals surface area contributed by atoms with E-state index in [1.807, 2.05) is 44.4 Å². The van der Waals surface area contributed by atoms with Crippen LogP contribution in [0.1, 0.15) is 44.6 Å². The molecular weight excluding hydrogens is 296 g/mol. The molecule has 116 valence electrons. The Kier molecular flexibility index (Phi) is 2.49. The van der Waals surface area contributed by atoms with Gasteiger partial charge >= 0.3 is 0 Å².